The van der Waals surface area contributed by atoms with Gasteiger partial charge in [-0.1, -0.05) is 20.8 Å². The van der Waals surface area contributed by atoms with Gasteiger partial charge in [-0.15, -0.1) is 11.8 Å². The largest absolute Gasteiger partial charge is 0.151 e. The van der Waals surface area contributed by atoms with Crippen LogP contribution in [0.15, 0.2) is 0 Å². The average molecular weight is 164 g/mol. The number of thioether (sulfide) groups is 2. The third-order valence-corrected chi connectivity index (χ3v) is 3.41. The molecule has 0 spiro atoms. The minimum absolute atomic E-state index is 0.800. The number of hydrogen-bond donors (Lipinski definition) is 0. The van der Waals surface area contributed by atoms with Gasteiger partial charge in [-0.25, -0.2) is 0 Å². The van der Waals surface area contributed by atoms with Gasteiger partial charge in [0, 0.05) is 5.08 Å². The van der Waals surface area contributed by atoms with Gasteiger partial charge in [0.1, 0.15) is 0 Å². The van der Waals surface area contributed by atoms with E-state index < -0.39 is 0 Å². The summed E-state index contributed by atoms with van der Waals surface area (Å²) in [7, 11) is 0. The second-order valence-electron chi connectivity index (χ2n) is 2.24. The lowest BCUT2D eigenvalue weighted by Gasteiger charge is -2.02. The minimum Gasteiger partial charge on any atom is -0.151 e. The van der Waals surface area contributed by atoms with Crippen LogP contribution in [0.2, 0.25) is 0 Å². The molecule has 0 saturated carbocycles. The van der Waals surface area contributed by atoms with E-state index in [-0.39, 0.29) is 0 Å². The van der Waals surface area contributed by atoms with Crippen LogP contribution in [0.1, 0.15) is 27.2 Å². The highest BCUT2D eigenvalue weighted by atomic mass is 32.2. The lowest BCUT2D eigenvalue weighted by atomic mass is 10.6. The van der Waals surface area contributed by atoms with Crippen LogP contribution in [0, 0.1) is 0 Å². The molecule has 0 radical (unpaired) electrons. The fraction of sp³-hybridized carbons (Fsp3) is 1.00. The van der Waals surface area contributed by atoms with E-state index in [1.54, 1.807) is 0 Å². The van der Waals surface area contributed by atoms with Crippen LogP contribution in [-0.4, -0.2) is 16.1 Å². The van der Waals surface area contributed by atoms with E-state index in [1.165, 1.54) is 17.3 Å². The molecule has 0 aromatic rings. The third-order valence-electron chi connectivity index (χ3n) is 0.833. The molecule has 0 amide bonds. The number of hydrogen-bond acceptors (Lipinski definition) is 2. The molecule has 0 bridgehead atoms. The van der Waals surface area contributed by atoms with E-state index in [4.69, 9.17) is 0 Å². The molecule has 0 aliphatic carbocycles. The fourth-order valence-electron chi connectivity index (χ4n) is 0.387. The van der Waals surface area contributed by atoms with Crippen molar-refractivity contribution in [1.29, 1.82) is 0 Å². The van der Waals surface area contributed by atoms with Crippen LogP contribution < -0.4 is 0 Å². The van der Waals surface area contributed by atoms with E-state index in [0.717, 1.165) is 5.25 Å². The quantitative estimate of drug-likeness (QED) is 0.452. The Bertz CT molecular complexity index is 52.9. The van der Waals surface area contributed by atoms with Crippen molar-refractivity contribution in [1.82, 2.24) is 0 Å². The van der Waals surface area contributed by atoms with Gasteiger partial charge in [-0.3, -0.25) is 0 Å². The van der Waals surface area contributed by atoms with Crippen LogP contribution in [0.4, 0.5) is 0 Å². The topological polar surface area (TPSA) is 0 Å². The average Bonchev–Trinajstić information content (AvgIpc) is 1.80. The standard InChI is InChI=1S/C7H16S2/c1-4-5-8-6-9-7(2)3/h7H,4-6H2,1-3H3. The van der Waals surface area contributed by atoms with E-state index in [1.807, 2.05) is 23.5 Å². The lowest BCUT2D eigenvalue weighted by molar-refractivity contribution is 1.11. The van der Waals surface area contributed by atoms with Gasteiger partial charge in [0.2, 0.25) is 0 Å². The van der Waals surface area contributed by atoms with Crippen molar-refractivity contribution in [2.45, 2.75) is 32.4 Å². The highest BCUT2D eigenvalue weighted by molar-refractivity contribution is 8.16. The Morgan fingerprint density at radius 3 is 2.44 bits per heavy atom. The van der Waals surface area contributed by atoms with Gasteiger partial charge in [0.15, 0.2) is 0 Å². The summed E-state index contributed by atoms with van der Waals surface area (Å²) in [5.41, 5.74) is 0. The van der Waals surface area contributed by atoms with Crippen molar-refractivity contribution >= 4 is 23.5 Å². The van der Waals surface area contributed by atoms with Crippen molar-refractivity contribution in [3.05, 3.63) is 0 Å². The summed E-state index contributed by atoms with van der Waals surface area (Å²) in [5, 5.41) is 2.07. The molecular formula is C7H16S2. The first-order chi connectivity index (χ1) is 4.27. The Labute approximate surface area is 67.2 Å². The maximum absolute atomic E-state index is 2.25. The first-order valence-electron chi connectivity index (χ1n) is 3.46. The normalized spacial score (nSPS) is 10.7. The molecule has 56 valence electrons. The molecule has 0 nitrogen and oxygen atoms in total. The maximum atomic E-state index is 2.25. The van der Waals surface area contributed by atoms with Gasteiger partial charge < -0.3 is 0 Å². The zero-order valence-electron chi connectivity index (χ0n) is 6.52. The molecule has 0 rings (SSSR count). The monoisotopic (exact) mass is 164 g/mol. The number of rotatable bonds is 5. The molecule has 0 aromatic heterocycles. The molecule has 2 heteroatoms. The summed E-state index contributed by atoms with van der Waals surface area (Å²) in [6, 6.07) is 0. The van der Waals surface area contributed by atoms with E-state index >= 15 is 0 Å². The fourth-order valence-corrected chi connectivity index (χ4v) is 2.62. The highest BCUT2D eigenvalue weighted by Gasteiger charge is 1.91. The first kappa shape index (κ1) is 9.70. The van der Waals surface area contributed by atoms with Crippen LogP contribution in [0.3, 0.4) is 0 Å². The molecule has 0 aromatic carbocycles. The van der Waals surface area contributed by atoms with Crippen LogP contribution in [-0.2, 0) is 0 Å². The summed E-state index contributed by atoms with van der Waals surface area (Å²) in [5.74, 6) is 1.32. The van der Waals surface area contributed by atoms with Crippen molar-refractivity contribution in [3.63, 3.8) is 0 Å². The van der Waals surface area contributed by atoms with Gasteiger partial charge in [-0.2, -0.15) is 11.8 Å². The van der Waals surface area contributed by atoms with Crippen LogP contribution in [0.25, 0.3) is 0 Å². The van der Waals surface area contributed by atoms with Crippen molar-refractivity contribution in [3.8, 4) is 0 Å². The molecule has 0 aliphatic rings. The Kier molecular flexibility index (Phi) is 7.34. The van der Waals surface area contributed by atoms with E-state index in [0.29, 0.717) is 0 Å². The van der Waals surface area contributed by atoms with Crippen LogP contribution >= 0.6 is 23.5 Å². The third kappa shape index (κ3) is 8.70. The molecule has 0 aliphatic heterocycles. The minimum atomic E-state index is 0.800. The molecule has 0 heterocycles. The lowest BCUT2D eigenvalue weighted by Crippen LogP contribution is -1.86. The maximum Gasteiger partial charge on any atom is 0.0394 e. The van der Waals surface area contributed by atoms with Crippen molar-refractivity contribution < 1.29 is 0 Å². The molecule has 0 N–H and O–H groups in total. The van der Waals surface area contributed by atoms with Crippen molar-refractivity contribution in [2.75, 3.05) is 10.8 Å². The second kappa shape index (κ2) is 6.81. The smallest absolute Gasteiger partial charge is 0.0394 e. The molecule has 0 atom stereocenters. The summed E-state index contributed by atoms with van der Waals surface area (Å²) >= 11 is 4.08. The predicted molar refractivity (Wildman–Crippen MR) is 50.3 cm³/mol. The van der Waals surface area contributed by atoms with Crippen LogP contribution in [0.5, 0.6) is 0 Å². The van der Waals surface area contributed by atoms with E-state index in [2.05, 4.69) is 20.8 Å². The van der Waals surface area contributed by atoms with Crippen molar-refractivity contribution in [2.24, 2.45) is 0 Å². The summed E-state index contributed by atoms with van der Waals surface area (Å²) < 4.78 is 0. The van der Waals surface area contributed by atoms with Gasteiger partial charge in [0.25, 0.3) is 0 Å². The SMILES string of the molecule is CCCSCSC(C)C. The van der Waals surface area contributed by atoms with Gasteiger partial charge >= 0.3 is 0 Å². The second-order valence-corrected chi connectivity index (χ2v) is 5.28. The zero-order chi connectivity index (χ0) is 7.11. The van der Waals surface area contributed by atoms with Gasteiger partial charge in [-0.05, 0) is 17.4 Å². The first-order valence-corrected chi connectivity index (χ1v) is 5.67. The summed E-state index contributed by atoms with van der Waals surface area (Å²) in [4.78, 5) is 0. The molecule has 0 unspecified atom stereocenters. The molecule has 0 fully saturated rings. The molecular weight excluding hydrogens is 148 g/mol. The molecule has 0 saturated heterocycles. The Morgan fingerprint density at radius 1 is 1.33 bits per heavy atom. The Hall–Kier alpha value is 0.700. The zero-order valence-corrected chi connectivity index (χ0v) is 8.15. The molecule has 9 heavy (non-hydrogen) atoms. The van der Waals surface area contributed by atoms with E-state index in [9.17, 15) is 0 Å². The summed E-state index contributed by atoms with van der Waals surface area (Å²) in [6.07, 6.45) is 1.31. The Morgan fingerprint density at radius 2 is 2.00 bits per heavy atom. The predicted octanol–water partition coefficient (Wildman–Crippen LogP) is 3.23. The highest BCUT2D eigenvalue weighted by Crippen LogP contribution is 2.16. The summed E-state index contributed by atoms with van der Waals surface area (Å²) in [6.45, 7) is 6.72. The Balaban J connectivity index is 2.75. The van der Waals surface area contributed by atoms with Gasteiger partial charge in [0.05, 0.1) is 0 Å².